The number of pyridine rings is 2. The Balaban J connectivity index is 1.40. The monoisotopic (exact) mass is 474 g/mol. The number of piperazine rings is 1. The normalized spacial score (nSPS) is 21.3. The van der Waals surface area contributed by atoms with Gasteiger partial charge < -0.3 is 20.1 Å². The summed E-state index contributed by atoms with van der Waals surface area (Å²) in [5, 5.41) is 4.07. The topological polar surface area (TPSA) is 94.2 Å². The van der Waals surface area contributed by atoms with Gasteiger partial charge in [0.15, 0.2) is 0 Å². The van der Waals surface area contributed by atoms with Crippen LogP contribution in [-0.4, -0.2) is 62.9 Å². The lowest BCUT2D eigenvalue weighted by atomic mass is 9.95. The molecular weight excluding hydrogens is 440 g/mol. The van der Waals surface area contributed by atoms with Gasteiger partial charge in [-0.15, -0.1) is 0 Å². The van der Waals surface area contributed by atoms with Gasteiger partial charge in [-0.2, -0.15) is 0 Å². The van der Waals surface area contributed by atoms with Crippen molar-refractivity contribution in [3.63, 3.8) is 0 Å². The summed E-state index contributed by atoms with van der Waals surface area (Å²) < 4.78 is 0. The summed E-state index contributed by atoms with van der Waals surface area (Å²) in [6, 6.07) is 8.41. The number of fused-ring (bicyclic) bond motifs is 1. The lowest BCUT2D eigenvalue weighted by Crippen LogP contribution is -2.58. The molecule has 4 heterocycles. The molecule has 2 N–H and O–H groups in total. The number of H-pyrrole nitrogens is 1. The maximum Gasteiger partial charge on any atom is 0.253 e. The molecule has 2 aliphatic rings. The van der Waals surface area contributed by atoms with E-state index in [1.807, 2.05) is 35.4 Å². The minimum atomic E-state index is -0.0634. The van der Waals surface area contributed by atoms with Crippen LogP contribution in [0.5, 0.6) is 0 Å². The Morgan fingerprint density at radius 2 is 1.83 bits per heavy atom. The zero-order valence-electron chi connectivity index (χ0n) is 20.8. The Morgan fingerprint density at radius 1 is 1.09 bits per heavy atom. The summed E-state index contributed by atoms with van der Waals surface area (Å²) >= 11 is 0. The van der Waals surface area contributed by atoms with Crippen LogP contribution >= 0.6 is 0 Å². The first kappa shape index (κ1) is 23.3. The van der Waals surface area contributed by atoms with E-state index in [1.165, 1.54) is 19.3 Å². The Morgan fingerprint density at radius 3 is 2.54 bits per heavy atom. The number of amides is 2. The Labute approximate surface area is 206 Å². The van der Waals surface area contributed by atoms with E-state index in [2.05, 4.69) is 34.0 Å². The van der Waals surface area contributed by atoms with Crippen LogP contribution in [0.3, 0.4) is 0 Å². The molecule has 3 aromatic rings. The van der Waals surface area contributed by atoms with E-state index in [0.717, 1.165) is 54.0 Å². The lowest BCUT2D eigenvalue weighted by Gasteiger charge is -2.44. The van der Waals surface area contributed by atoms with E-state index < -0.39 is 0 Å². The number of nitrogens with zero attached hydrogens (tertiary/aromatic N) is 4. The van der Waals surface area contributed by atoms with Gasteiger partial charge in [0.2, 0.25) is 5.91 Å². The summed E-state index contributed by atoms with van der Waals surface area (Å²) in [6.07, 6.45) is 9.24. The van der Waals surface area contributed by atoms with Gasteiger partial charge in [-0.05, 0) is 44.9 Å². The number of anilines is 1. The molecule has 0 aromatic carbocycles. The molecule has 2 amide bonds. The number of nitrogens with one attached hydrogen (secondary N) is 2. The molecule has 8 nitrogen and oxygen atoms in total. The predicted molar refractivity (Wildman–Crippen MR) is 137 cm³/mol. The molecule has 0 spiro atoms. The van der Waals surface area contributed by atoms with Gasteiger partial charge in [0, 0.05) is 61.5 Å². The van der Waals surface area contributed by atoms with Crippen molar-refractivity contribution >= 4 is 28.7 Å². The SMILES string of the molecule is CC(=O)N1[C@H](C)CN(c2cccc(-c3c[nH]c4ncc(C(=O)NC5CCCCC5)cc34)n2)C[C@@H]1C. The molecular formula is C27H34N6O2. The van der Waals surface area contributed by atoms with Gasteiger partial charge >= 0.3 is 0 Å². The van der Waals surface area contributed by atoms with Crippen LogP contribution in [0.1, 0.15) is 63.2 Å². The highest BCUT2D eigenvalue weighted by molar-refractivity contribution is 6.00. The number of hydrogen-bond donors (Lipinski definition) is 2. The number of aromatic nitrogens is 3. The highest BCUT2D eigenvalue weighted by Crippen LogP contribution is 2.30. The zero-order valence-corrected chi connectivity index (χ0v) is 20.8. The molecule has 35 heavy (non-hydrogen) atoms. The third-order valence-corrected chi connectivity index (χ3v) is 7.35. The first-order valence-electron chi connectivity index (χ1n) is 12.7. The van der Waals surface area contributed by atoms with Gasteiger partial charge in [0.25, 0.3) is 5.91 Å². The smallest absolute Gasteiger partial charge is 0.253 e. The van der Waals surface area contributed by atoms with Crippen molar-refractivity contribution < 1.29 is 9.59 Å². The van der Waals surface area contributed by atoms with Crippen LogP contribution in [0, 0.1) is 0 Å². The maximum atomic E-state index is 12.9. The summed E-state index contributed by atoms with van der Waals surface area (Å²) in [4.78, 5) is 41.8. The minimum absolute atomic E-state index is 0.0634. The minimum Gasteiger partial charge on any atom is -0.352 e. The van der Waals surface area contributed by atoms with Gasteiger partial charge in [-0.1, -0.05) is 25.3 Å². The number of carbonyl (C=O) groups excluding carboxylic acids is 2. The second kappa shape index (κ2) is 9.68. The van der Waals surface area contributed by atoms with Crippen molar-refractivity contribution in [1.82, 2.24) is 25.2 Å². The Bertz CT molecular complexity index is 1220. The van der Waals surface area contributed by atoms with Crippen LogP contribution in [0.15, 0.2) is 36.7 Å². The molecule has 184 valence electrons. The standard InChI is InChI=1S/C27H34N6O2/c1-17-15-32(16-18(2)33(17)19(3)34)25-11-7-10-24(31-25)23-14-29-26-22(23)12-20(13-28-26)27(35)30-21-8-5-4-6-9-21/h7,10-14,17-18,21H,4-6,8-9,15-16H2,1-3H3,(H,28,29)(H,30,35)/t17-,18+. The van der Waals surface area contributed by atoms with Crippen molar-refractivity contribution in [2.24, 2.45) is 0 Å². The molecule has 1 saturated carbocycles. The number of rotatable bonds is 4. The van der Waals surface area contributed by atoms with Crippen LogP contribution in [0.2, 0.25) is 0 Å². The highest BCUT2D eigenvalue weighted by Gasteiger charge is 2.31. The van der Waals surface area contributed by atoms with E-state index in [4.69, 9.17) is 4.98 Å². The molecule has 1 saturated heterocycles. The van der Waals surface area contributed by atoms with E-state index in [-0.39, 0.29) is 29.9 Å². The van der Waals surface area contributed by atoms with Crippen LogP contribution in [0.4, 0.5) is 5.82 Å². The fourth-order valence-electron chi connectivity index (χ4n) is 5.74. The first-order valence-corrected chi connectivity index (χ1v) is 12.7. The van der Waals surface area contributed by atoms with Crippen molar-refractivity contribution in [3.05, 3.63) is 42.2 Å². The third-order valence-electron chi connectivity index (χ3n) is 7.35. The highest BCUT2D eigenvalue weighted by atomic mass is 16.2. The van der Waals surface area contributed by atoms with Crippen molar-refractivity contribution in [2.75, 3.05) is 18.0 Å². The quantitative estimate of drug-likeness (QED) is 0.593. The number of aromatic amines is 1. The Hall–Kier alpha value is -3.42. The maximum absolute atomic E-state index is 12.9. The zero-order chi connectivity index (χ0) is 24.5. The fourth-order valence-corrected chi connectivity index (χ4v) is 5.74. The molecule has 0 bridgehead atoms. The van der Waals surface area contributed by atoms with Gasteiger partial charge in [-0.25, -0.2) is 9.97 Å². The van der Waals surface area contributed by atoms with Gasteiger partial charge in [-0.3, -0.25) is 9.59 Å². The predicted octanol–water partition coefficient (Wildman–Crippen LogP) is 4.13. The van der Waals surface area contributed by atoms with E-state index in [0.29, 0.717) is 5.56 Å². The molecule has 3 aromatic heterocycles. The number of carbonyl (C=O) groups is 2. The average Bonchev–Trinajstić information content (AvgIpc) is 3.27. The van der Waals surface area contributed by atoms with Gasteiger partial charge in [0.05, 0.1) is 11.3 Å². The summed E-state index contributed by atoms with van der Waals surface area (Å²) in [7, 11) is 0. The van der Waals surface area contributed by atoms with Crippen LogP contribution in [-0.2, 0) is 4.79 Å². The average molecular weight is 475 g/mol. The van der Waals surface area contributed by atoms with E-state index >= 15 is 0 Å². The summed E-state index contributed by atoms with van der Waals surface area (Å²) in [5.41, 5.74) is 3.06. The first-order chi connectivity index (χ1) is 16.9. The summed E-state index contributed by atoms with van der Waals surface area (Å²) in [6.45, 7) is 7.27. The lowest BCUT2D eigenvalue weighted by molar-refractivity contribution is -0.133. The molecule has 5 rings (SSSR count). The second-order valence-electron chi connectivity index (χ2n) is 10.0. The molecule has 1 aliphatic carbocycles. The van der Waals surface area contributed by atoms with Crippen LogP contribution < -0.4 is 10.2 Å². The fraction of sp³-hybridized carbons (Fsp3) is 0.481. The number of hydrogen-bond acceptors (Lipinski definition) is 5. The van der Waals surface area contributed by atoms with Crippen molar-refractivity contribution in [1.29, 1.82) is 0 Å². The molecule has 0 radical (unpaired) electrons. The third kappa shape index (κ3) is 4.74. The van der Waals surface area contributed by atoms with Crippen LogP contribution in [0.25, 0.3) is 22.3 Å². The molecule has 2 atom stereocenters. The van der Waals surface area contributed by atoms with Crippen molar-refractivity contribution in [3.8, 4) is 11.3 Å². The molecule has 2 fully saturated rings. The largest absolute Gasteiger partial charge is 0.352 e. The van der Waals surface area contributed by atoms with E-state index in [9.17, 15) is 9.59 Å². The Kier molecular flexibility index (Phi) is 6.45. The molecule has 1 aliphatic heterocycles. The summed E-state index contributed by atoms with van der Waals surface area (Å²) in [5.74, 6) is 0.936. The van der Waals surface area contributed by atoms with Gasteiger partial charge in [0.1, 0.15) is 11.5 Å². The van der Waals surface area contributed by atoms with E-state index in [1.54, 1.807) is 13.1 Å². The molecule has 0 unspecified atom stereocenters. The molecule has 8 heteroatoms. The second-order valence-corrected chi connectivity index (χ2v) is 10.0. The van der Waals surface area contributed by atoms with Crippen molar-refractivity contribution in [2.45, 2.75) is 71.0 Å².